The van der Waals surface area contributed by atoms with Gasteiger partial charge in [0, 0.05) is 85.8 Å². The first-order valence-electron chi connectivity index (χ1n) is 16.6. The Balaban J connectivity index is 2.17. The van der Waals surface area contributed by atoms with Gasteiger partial charge >= 0.3 is 0 Å². The standard InChI is InChI=1S/C36H52Cl4N2O4/c1-3-25-45-33-13-9-29(10-14-33)35(43)31(27-41(21-17-37)22-18-38)7-5-6-8-32(28-42(23-19-39)24-20-40)36(44)30-11-15-34(16-12-30)46-26-4-2/h9-16,31-32H,3-8,17-28H2,1-2H3/t31-,32-/m1/s1. The highest BCUT2D eigenvalue weighted by Gasteiger charge is 2.25. The lowest BCUT2D eigenvalue weighted by Crippen LogP contribution is -2.36. The molecule has 0 bridgehead atoms. The monoisotopic (exact) mass is 716 g/mol. The van der Waals surface area contributed by atoms with Crippen molar-refractivity contribution in [3.8, 4) is 11.5 Å². The van der Waals surface area contributed by atoms with Crippen LogP contribution in [0.5, 0.6) is 11.5 Å². The van der Waals surface area contributed by atoms with Crippen molar-refractivity contribution in [1.82, 2.24) is 9.80 Å². The molecule has 0 amide bonds. The Morgan fingerprint density at radius 1 is 0.587 bits per heavy atom. The van der Waals surface area contributed by atoms with Gasteiger partial charge in [0.05, 0.1) is 13.2 Å². The SMILES string of the molecule is CCCOc1ccc(C(=O)[C@H](CCCC[C@H](CN(CCCl)CCCl)C(=O)c2ccc(OCCC)cc2)CN(CCCl)CCCl)cc1. The average Bonchev–Trinajstić information content (AvgIpc) is 3.07. The van der Waals surface area contributed by atoms with Gasteiger partial charge in [-0.25, -0.2) is 0 Å². The lowest BCUT2D eigenvalue weighted by Gasteiger charge is -2.27. The second kappa shape index (κ2) is 24.6. The molecule has 2 atom stereocenters. The minimum absolute atomic E-state index is 0.101. The van der Waals surface area contributed by atoms with Crippen molar-refractivity contribution < 1.29 is 19.1 Å². The van der Waals surface area contributed by atoms with Crippen molar-refractivity contribution in [2.24, 2.45) is 11.8 Å². The number of carbonyl (C=O) groups is 2. The zero-order valence-electron chi connectivity index (χ0n) is 27.5. The number of unbranched alkanes of at least 4 members (excludes halogenated alkanes) is 1. The normalized spacial score (nSPS) is 12.8. The summed E-state index contributed by atoms with van der Waals surface area (Å²) in [5.41, 5.74) is 1.34. The molecule has 0 fully saturated rings. The molecule has 0 aliphatic rings. The number of ether oxygens (including phenoxy) is 2. The van der Waals surface area contributed by atoms with Gasteiger partial charge in [0.2, 0.25) is 0 Å². The highest BCUT2D eigenvalue weighted by molar-refractivity contribution is 6.18. The number of ketones is 2. The van der Waals surface area contributed by atoms with Crippen molar-refractivity contribution in [3.05, 3.63) is 59.7 Å². The van der Waals surface area contributed by atoms with Crippen LogP contribution < -0.4 is 9.47 Å². The van der Waals surface area contributed by atoms with Crippen LogP contribution in [0, 0.1) is 11.8 Å². The van der Waals surface area contributed by atoms with E-state index in [0.717, 1.165) is 37.2 Å². The quantitative estimate of drug-likeness (QED) is 0.0524. The highest BCUT2D eigenvalue weighted by atomic mass is 35.5. The smallest absolute Gasteiger partial charge is 0.167 e. The molecule has 2 aromatic rings. The molecule has 0 aliphatic carbocycles. The minimum Gasteiger partial charge on any atom is -0.494 e. The fraction of sp³-hybridized carbons (Fsp3) is 0.611. The zero-order chi connectivity index (χ0) is 33.6. The molecule has 2 aromatic carbocycles. The van der Waals surface area contributed by atoms with E-state index in [4.69, 9.17) is 55.9 Å². The molecule has 258 valence electrons. The van der Waals surface area contributed by atoms with Crippen LogP contribution in [0.25, 0.3) is 0 Å². The van der Waals surface area contributed by atoms with Crippen molar-refractivity contribution in [2.45, 2.75) is 52.4 Å². The van der Waals surface area contributed by atoms with Gasteiger partial charge in [0.15, 0.2) is 11.6 Å². The summed E-state index contributed by atoms with van der Waals surface area (Å²) in [6, 6.07) is 14.9. The van der Waals surface area contributed by atoms with Crippen molar-refractivity contribution in [3.63, 3.8) is 0 Å². The summed E-state index contributed by atoms with van der Waals surface area (Å²) in [4.78, 5) is 31.9. The van der Waals surface area contributed by atoms with E-state index >= 15 is 0 Å². The van der Waals surface area contributed by atoms with Crippen LogP contribution in [-0.4, -0.2) is 97.4 Å². The molecule has 10 heteroatoms. The predicted octanol–water partition coefficient (Wildman–Crippen LogP) is 8.68. The van der Waals surface area contributed by atoms with Crippen LogP contribution in [0.1, 0.15) is 73.1 Å². The van der Waals surface area contributed by atoms with Crippen molar-refractivity contribution in [1.29, 1.82) is 0 Å². The Hall–Kier alpha value is -1.54. The molecule has 0 saturated heterocycles. The lowest BCUT2D eigenvalue weighted by molar-refractivity contribution is 0.0852. The maximum atomic E-state index is 13.8. The Kier molecular flexibility index (Phi) is 21.7. The fourth-order valence-corrected chi connectivity index (χ4v) is 6.38. The number of nitrogens with zero attached hydrogens (tertiary/aromatic N) is 2. The number of hydrogen-bond donors (Lipinski definition) is 0. The van der Waals surface area contributed by atoms with Crippen LogP contribution in [0.4, 0.5) is 0 Å². The maximum absolute atomic E-state index is 13.8. The Morgan fingerprint density at radius 2 is 0.913 bits per heavy atom. The first-order valence-corrected chi connectivity index (χ1v) is 18.8. The molecule has 0 heterocycles. The molecule has 0 spiro atoms. The summed E-state index contributed by atoms with van der Waals surface area (Å²) < 4.78 is 11.4. The van der Waals surface area contributed by atoms with Gasteiger partial charge in [-0.05, 0) is 74.2 Å². The molecule has 0 aromatic heterocycles. The number of halogens is 4. The van der Waals surface area contributed by atoms with E-state index in [2.05, 4.69) is 23.6 Å². The third kappa shape index (κ3) is 15.1. The molecule has 2 rings (SSSR count). The molecule has 0 N–H and O–H groups in total. The molecular formula is C36H52Cl4N2O4. The molecule has 0 saturated carbocycles. The number of hydrogen-bond acceptors (Lipinski definition) is 6. The van der Waals surface area contributed by atoms with E-state index in [1.807, 2.05) is 48.5 Å². The van der Waals surface area contributed by atoms with Crippen molar-refractivity contribution in [2.75, 3.05) is 76.0 Å². The van der Waals surface area contributed by atoms with Gasteiger partial charge in [0.1, 0.15) is 11.5 Å². The van der Waals surface area contributed by atoms with Crippen LogP contribution >= 0.6 is 46.4 Å². The molecule has 0 unspecified atom stereocenters. The van der Waals surface area contributed by atoms with Crippen molar-refractivity contribution >= 4 is 58.0 Å². The topological polar surface area (TPSA) is 59.1 Å². The molecule has 0 radical (unpaired) electrons. The average molecular weight is 719 g/mol. The number of carbonyl (C=O) groups excluding carboxylic acids is 2. The van der Waals surface area contributed by atoms with Gasteiger partial charge in [0.25, 0.3) is 0 Å². The third-order valence-corrected chi connectivity index (χ3v) is 8.56. The molecule has 6 nitrogen and oxygen atoms in total. The first kappa shape index (κ1) is 40.6. The fourth-order valence-electron chi connectivity index (χ4n) is 5.42. The van der Waals surface area contributed by atoms with Crippen LogP contribution in [0.3, 0.4) is 0 Å². The van der Waals surface area contributed by atoms with Crippen LogP contribution in [-0.2, 0) is 0 Å². The summed E-state index contributed by atoms with van der Waals surface area (Å²) in [7, 11) is 0. The number of rotatable bonds is 27. The second-order valence-electron chi connectivity index (χ2n) is 11.5. The van der Waals surface area contributed by atoms with Gasteiger partial charge in [-0.3, -0.25) is 9.59 Å². The highest BCUT2D eigenvalue weighted by Crippen LogP contribution is 2.24. The summed E-state index contributed by atoms with van der Waals surface area (Å²) in [5.74, 6) is 3.17. The number of benzene rings is 2. The zero-order valence-corrected chi connectivity index (χ0v) is 30.6. The van der Waals surface area contributed by atoms with E-state index in [1.54, 1.807) is 0 Å². The predicted molar refractivity (Wildman–Crippen MR) is 194 cm³/mol. The summed E-state index contributed by atoms with van der Waals surface area (Å²) in [6.07, 6.45) is 4.86. The van der Waals surface area contributed by atoms with Crippen LogP contribution in [0.2, 0.25) is 0 Å². The van der Waals surface area contributed by atoms with E-state index in [-0.39, 0.29) is 23.4 Å². The minimum atomic E-state index is -0.220. The van der Waals surface area contributed by atoms with Gasteiger partial charge in [-0.2, -0.15) is 0 Å². The largest absolute Gasteiger partial charge is 0.494 e. The second-order valence-corrected chi connectivity index (χ2v) is 13.0. The summed E-state index contributed by atoms with van der Waals surface area (Å²) >= 11 is 24.3. The Labute approximate surface area is 297 Å². The third-order valence-electron chi connectivity index (χ3n) is 7.88. The van der Waals surface area contributed by atoms with Crippen LogP contribution in [0.15, 0.2) is 48.5 Å². The molecule has 0 aliphatic heterocycles. The Morgan fingerprint density at radius 3 is 1.20 bits per heavy atom. The molecular weight excluding hydrogens is 666 g/mol. The van der Waals surface area contributed by atoms with E-state index < -0.39 is 0 Å². The van der Waals surface area contributed by atoms with E-state index in [9.17, 15) is 9.59 Å². The van der Waals surface area contributed by atoms with E-state index in [0.29, 0.717) is 100.0 Å². The summed E-state index contributed by atoms with van der Waals surface area (Å²) in [6.45, 7) is 9.22. The van der Waals surface area contributed by atoms with Gasteiger partial charge < -0.3 is 19.3 Å². The Bertz CT molecular complexity index is 1000. The maximum Gasteiger partial charge on any atom is 0.167 e. The first-order chi connectivity index (χ1) is 22.4. The number of Topliss-reactive ketones (excluding diaryl/α,β-unsaturated/α-hetero) is 2. The van der Waals surface area contributed by atoms with E-state index in [1.165, 1.54) is 0 Å². The van der Waals surface area contributed by atoms with Gasteiger partial charge in [-0.15, -0.1) is 46.4 Å². The van der Waals surface area contributed by atoms with Gasteiger partial charge in [-0.1, -0.05) is 26.7 Å². The lowest BCUT2D eigenvalue weighted by atomic mass is 9.88. The number of alkyl halides is 4. The molecule has 46 heavy (non-hydrogen) atoms. The summed E-state index contributed by atoms with van der Waals surface area (Å²) in [5, 5.41) is 0.